The Hall–Kier alpha value is -2.33. The monoisotopic (exact) mass is 282 g/mol. The van der Waals surface area contributed by atoms with Crippen LogP contribution in [0.4, 0.5) is 5.69 Å². The van der Waals surface area contributed by atoms with E-state index in [1.54, 1.807) is 11.8 Å². The SMILES string of the molecule is CC1Oc2ccccc2N(Cc2ccccc2CN)C1=O. The van der Waals surface area contributed by atoms with E-state index >= 15 is 0 Å². The summed E-state index contributed by atoms with van der Waals surface area (Å²) in [5, 5.41) is 0. The van der Waals surface area contributed by atoms with Gasteiger partial charge in [0.05, 0.1) is 12.2 Å². The molecule has 0 saturated carbocycles. The molecule has 1 atom stereocenters. The number of nitrogens with zero attached hydrogens (tertiary/aromatic N) is 1. The fourth-order valence-corrected chi connectivity index (χ4v) is 2.60. The molecule has 1 amide bonds. The van der Waals surface area contributed by atoms with Crippen LogP contribution in [-0.4, -0.2) is 12.0 Å². The van der Waals surface area contributed by atoms with Crippen molar-refractivity contribution in [1.82, 2.24) is 0 Å². The van der Waals surface area contributed by atoms with E-state index in [0.29, 0.717) is 13.1 Å². The number of ether oxygens (including phenoxy) is 1. The number of para-hydroxylation sites is 2. The van der Waals surface area contributed by atoms with Crippen LogP contribution in [0.15, 0.2) is 48.5 Å². The number of carbonyl (C=O) groups excluding carboxylic acids is 1. The first-order chi connectivity index (χ1) is 10.2. The number of nitrogens with two attached hydrogens (primary N) is 1. The van der Waals surface area contributed by atoms with Gasteiger partial charge in [-0.05, 0) is 30.2 Å². The zero-order valence-electron chi connectivity index (χ0n) is 12.0. The van der Waals surface area contributed by atoms with Crippen LogP contribution in [-0.2, 0) is 17.9 Å². The van der Waals surface area contributed by atoms with Crippen molar-refractivity contribution in [2.75, 3.05) is 4.90 Å². The van der Waals surface area contributed by atoms with E-state index in [1.807, 2.05) is 48.5 Å². The third-order valence-corrected chi connectivity index (χ3v) is 3.74. The van der Waals surface area contributed by atoms with Crippen molar-refractivity contribution in [3.63, 3.8) is 0 Å². The average molecular weight is 282 g/mol. The Kier molecular flexibility index (Phi) is 3.62. The summed E-state index contributed by atoms with van der Waals surface area (Å²) in [5.41, 5.74) is 8.72. The highest BCUT2D eigenvalue weighted by atomic mass is 16.5. The van der Waals surface area contributed by atoms with Crippen LogP contribution in [0.3, 0.4) is 0 Å². The molecular formula is C17H18N2O2. The molecule has 2 aromatic rings. The Labute approximate surface area is 124 Å². The molecule has 0 saturated heterocycles. The van der Waals surface area contributed by atoms with E-state index in [9.17, 15) is 4.79 Å². The molecule has 1 heterocycles. The maximum Gasteiger partial charge on any atom is 0.268 e. The molecule has 0 radical (unpaired) electrons. The van der Waals surface area contributed by atoms with Gasteiger partial charge in [-0.2, -0.15) is 0 Å². The minimum absolute atomic E-state index is 0.0273. The predicted octanol–water partition coefficient (Wildman–Crippen LogP) is 2.46. The number of benzene rings is 2. The van der Waals surface area contributed by atoms with Gasteiger partial charge in [-0.1, -0.05) is 36.4 Å². The zero-order valence-corrected chi connectivity index (χ0v) is 12.0. The lowest BCUT2D eigenvalue weighted by Gasteiger charge is -2.33. The van der Waals surface area contributed by atoms with Crippen molar-refractivity contribution in [1.29, 1.82) is 0 Å². The van der Waals surface area contributed by atoms with Gasteiger partial charge < -0.3 is 15.4 Å². The predicted molar refractivity (Wildman–Crippen MR) is 82.1 cm³/mol. The van der Waals surface area contributed by atoms with Gasteiger partial charge in [-0.15, -0.1) is 0 Å². The van der Waals surface area contributed by atoms with Crippen molar-refractivity contribution in [3.8, 4) is 5.75 Å². The van der Waals surface area contributed by atoms with Gasteiger partial charge >= 0.3 is 0 Å². The molecule has 1 aliphatic heterocycles. The summed E-state index contributed by atoms with van der Waals surface area (Å²) in [6.07, 6.45) is -0.468. The molecule has 3 rings (SSSR count). The summed E-state index contributed by atoms with van der Waals surface area (Å²) >= 11 is 0. The number of hydrogen-bond donors (Lipinski definition) is 1. The second kappa shape index (κ2) is 5.58. The summed E-state index contributed by atoms with van der Waals surface area (Å²) < 4.78 is 5.65. The number of rotatable bonds is 3. The second-order valence-corrected chi connectivity index (χ2v) is 5.13. The summed E-state index contributed by atoms with van der Waals surface area (Å²) in [7, 11) is 0. The van der Waals surface area contributed by atoms with Gasteiger partial charge in [0.15, 0.2) is 6.10 Å². The number of carbonyl (C=O) groups is 1. The normalized spacial score (nSPS) is 17.3. The minimum Gasteiger partial charge on any atom is -0.479 e. The van der Waals surface area contributed by atoms with Crippen LogP contribution >= 0.6 is 0 Å². The largest absolute Gasteiger partial charge is 0.479 e. The van der Waals surface area contributed by atoms with Crippen LogP contribution < -0.4 is 15.4 Å². The lowest BCUT2D eigenvalue weighted by Crippen LogP contribution is -2.44. The van der Waals surface area contributed by atoms with Gasteiger partial charge in [0.1, 0.15) is 5.75 Å². The minimum atomic E-state index is -0.468. The number of fused-ring (bicyclic) bond motifs is 1. The number of hydrogen-bond acceptors (Lipinski definition) is 3. The number of amides is 1. The van der Waals surface area contributed by atoms with E-state index in [4.69, 9.17) is 10.5 Å². The third-order valence-electron chi connectivity index (χ3n) is 3.74. The highest BCUT2D eigenvalue weighted by Crippen LogP contribution is 2.34. The zero-order chi connectivity index (χ0) is 14.8. The summed E-state index contributed by atoms with van der Waals surface area (Å²) in [6, 6.07) is 15.6. The van der Waals surface area contributed by atoms with Crippen molar-refractivity contribution in [2.24, 2.45) is 5.73 Å². The second-order valence-electron chi connectivity index (χ2n) is 5.13. The molecule has 2 aromatic carbocycles. The van der Waals surface area contributed by atoms with Gasteiger partial charge in [-0.25, -0.2) is 0 Å². The molecule has 0 aliphatic carbocycles. The van der Waals surface area contributed by atoms with Crippen molar-refractivity contribution in [3.05, 3.63) is 59.7 Å². The first kappa shape index (κ1) is 13.6. The van der Waals surface area contributed by atoms with Gasteiger partial charge in [0.25, 0.3) is 5.91 Å². The Balaban J connectivity index is 1.99. The van der Waals surface area contributed by atoms with Gasteiger partial charge in [0, 0.05) is 6.54 Å². The van der Waals surface area contributed by atoms with E-state index in [2.05, 4.69) is 0 Å². The van der Waals surface area contributed by atoms with Gasteiger partial charge in [-0.3, -0.25) is 4.79 Å². The summed E-state index contributed by atoms with van der Waals surface area (Å²) in [4.78, 5) is 14.2. The Morgan fingerprint density at radius 3 is 2.52 bits per heavy atom. The van der Waals surface area contributed by atoms with Gasteiger partial charge in [0.2, 0.25) is 0 Å². The summed E-state index contributed by atoms with van der Waals surface area (Å²) in [6.45, 7) is 2.75. The van der Waals surface area contributed by atoms with Crippen LogP contribution in [0.5, 0.6) is 5.75 Å². The smallest absolute Gasteiger partial charge is 0.268 e. The van der Waals surface area contributed by atoms with Crippen LogP contribution in [0.2, 0.25) is 0 Å². The molecule has 1 unspecified atom stereocenters. The molecule has 21 heavy (non-hydrogen) atoms. The molecule has 108 valence electrons. The standard InChI is InChI=1S/C17H18N2O2/c1-12-17(20)19(15-8-4-5-9-16(15)21-12)11-14-7-3-2-6-13(14)10-18/h2-9,12H,10-11,18H2,1H3. The Bertz CT molecular complexity index is 669. The lowest BCUT2D eigenvalue weighted by atomic mass is 10.1. The lowest BCUT2D eigenvalue weighted by molar-refractivity contribution is -0.125. The van der Waals surface area contributed by atoms with E-state index in [0.717, 1.165) is 22.6 Å². The van der Waals surface area contributed by atoms with E-state index in [1.165, 1.54) is 0 Å². The van der Waals surface area contributed by atoms with Crippen molar-refractivity contribution < 1.29 is 9.53 Å². The summed E-state index contributed by atoms with van der Waals surface area (Å²) in [5.74, 6) is 0.718. The first-order valence-electron chi connectivity index (χ1n) is 7.04. The molecule has 4 heteroatoms. The Morgan fingerprint density at radius 2 is 1.76 bits per heavy atom. The van der Waals surface area contributed by atoms with Crippen molar-refractivity contribution >= 4 is 11.6 Å². The maximum atomic E-state index is 12.5. The molecule has 0 aromatic heterocycles. The molecule has 0 spiro atoms. The highest BCUT2D eigenvalue weighted by Gasteiger charge is 2.31. The quantitative estimate of drug-likeness (QED) is 0.941. The first-order valence-corrected chi connectivity index (χ1v) is 7.04. The van der Waals surface area contributed by atoms with Crippen LogP contribution in [0, 0.1) is 0 Å². The molecule has 4 nitrogen and oxygen atoms in total. The highest BCUT2D eigenvalue weighted by molar-refractivity contribution is 5.99. The van der Waals surface area contributed by atoms with Crippen LogP contribution in [0.1, 0.15) is 18.1 Å². The number of anilines is 1. The average Bonchev–Trinajstić information content (AvgIpc) is 2.52. The molecule has 2 N–H and O–H groups in total. The third kappa shape index (κ3) is 2.50. The maximum absolute atomic E-state index is 12.5. The van der Waals surface area contributed by atoms with Crippen LogP contribution in [0.25, 0.3) is 0 Å². The van der Waals surface area contributed by atoms with E-state index in [-0.39, 0.29) is 5.91 Å². The molecule has 0 bridgehead atoms. The topological polar surface area (TPSA) is 55.6 Å². The fourth-order valence-electron chi connectivity index (χ4n) is 2.60. The van der Waals surface area contributed by atoms with E-state index < -0.39 is 6.10 Å². The van der Waals surface area contributed by atoms with Crippen molar-refractivity contribution in [2.45, 2.75) is 26.1 Å². The molecule has 0 fully saturated rings. The fraction of sp³-hybridized carbons (Fsp3) is 0.235. The molecular weight excluding hydrogens is 264 g/mol. The molecule has 1 aliphatic rings. The Morgan fingerprint density at radius 1 is 1.10 bits per heavy atom.